The maximum absolute atomic E-state index is 12.1. The van der Waals surface area contributed by atoms with E-state index in [-0.39, 0.29) is 35.1 Å². The quantitative estimate of drug-likeness (QED) is 0.476. The zero-order chi connectivity index (χ0) is 18.3. The minimum absolute atomic E-state index is 0.0654. The molecular weight excluding hydrogens is 349 g/mol. The third-order valence-corrected chi connectivity index (χ3v) is 4.20. The number of hydrogen-bond acceptors (Lipinski definition) is 4. The molecule has 0 aliphatic carbocycles. The van der Waals surface area contributed by atoms with Crippen LogP contribution in [0.5, 0.6) is 0 Å². The molecule has 132 valence electrons. The van der Waals surface area contributed by atoms with Crippen LogP contribution < -0.4 is 0 Å². The van der Waals surface area contributed by atoms with Crippen LogP contribution in [0, 0.1) is 0 Å². The van der Waals surface area contributed by atoms with Gasteiger partial charge in [-0.2, -0.15) is 0 Å². The van der Waals surface area contributed by atoms with Crippen molar-refractivity contribution in [2.75, 3.05) is 13.2 Å². The molecule has 0 aliphatic heterocycles. The lowest BCUT2D eigenvalue weighted by molar-refractivity contribution is -0.123. The van der Waals surface area contributed by atoms with Gasteiger partial charge in [0.25, 0.3) is 0 Å². The number of hydrogen-bond donors (Lipinski definition) is 0. The lowest BCUT2D eigenvalue weighted by atomic mass is 10.1. The van der Waals surface area contributed by atoms with Crippen molar-refractivity contribution >= 4 is 35.0 Å². The molecule has 1 unspecified atom stereocenters. The molecule has 1 aromatic carbocycles. The molecule has 0 bridgehead atoms. The summed E-state index contributed by atoms with van der Waals surface area (Å²) in [5, 5.41) is 0.706. The molecule has 0 saturated carbocycles. The molecule has 1 aromatic rings. The Hall–Kier alpha value is -1.36. The van der Waals surface area contributed by atoms with Crippen LogP contribution in [-0.2, 0) is 9.53 Å². The van der Waals surface area contributed by atoms with Crippen molar-refractivity contribution in [2.24, 2.45) is 0 Å². The smallest absolute Gasteiger partial charge is 0.339 e. The fourth-order valence-electron chi connectivity index (χ4n) is 2.44. The number of carbonyl (C=O) groups is 2. The Labute approximate surface area is 153 Å². The van der Waals surface area contributed by atoms with E-state index in [1.54, 1.807) is 19.1 Å². The number of Topliss-reactive ketones (excluding diaryl/α,β-unsaturated/α-hetero) is 1. The second-order valence-electron chi connectivity index (χ2n) is 5.74. The molecule has 0 aromatic heterocycles. The highest BCUT2D eigenvalue weighted by molar-refractivity contribution is 6.36. The second-order valence-corrected chi connectivity index (χ2v) is 6.59. The average molecular weight is 372 g/mol. The Morgan fingerprint density at radius 2 is 2.00 bits per heavy atom. The van der Waals surface area contributed by atoms with Crippen LogP contribution in [0.15, 0.2) is 30.9 Å². The van der Waals surface area contributed by atoms with Crippen molar-refractivity contribution in [1.82, 2.24) is 4.90 Å². The molecule has 0 radical (unpaired) electrons. The molecule has 0 aliphatic rings. The summed E-state index contributed by atoms with van der Waals surface area (Å²) in [5.41, 5.74) is 0.270. The van der Waals surface area contributed by atoms with Gasteiger partial charge in [-0.1, -0.05) is 29.3 Å². The number of ether oxygens (including phenoxy) is 1. The molecule has 24 heavy (non-hydrogen) atoms. The van der Waals surface area contributed by atoms with Crippen molar-refractivity contribution in [2.45, 2.75) is 39.3 Å². The Morgan fingerprint density at radius 3 is 2.50 bits per heavy atom. The number of rotatable bonds is 9. The first-order valence-electron chi connectivity index (χ1n) is 7.77. The fourth-order valence-corrected chi connectivity index (χ4v) is 2.93. The number of carbonyl (C=O) groups excluding carboxylic acids is 2. The van der Waals surface area contributed by atoms with Crippen LogP contribution in [0.1, 0.15) is 37.6 Å². The van der Waals surface area contributed by atoms with E-state index in [1.165, 1.54) is 12.1 Å². The highest BCUT2D eigenvalue weighted by atomic mass is 35.5. The fraction of sp³-hybridized carbons (Fsp3) is 0.444. The van der Waals surface area contributed by atoms with Gasteiger partial charge in [-0.3, -0.25) is 9.69 Å². The van der Waals surface area contributed by atoms with E-state index in [4.69, 9.17) is 27.9 Å². The van der Waals surface area contributed by atoms with Gasteiger partial charge < -0.3 is 4.74 Å². The van der Waals surface area contributed by atoms with Crippen LogP contribution in [0.3, 0.4) is 0 Å². The predicted octanol–water partition coefficient (Wildman–Crippen LogP) is 4.39. The highest BCUT2D eigenvalue weighted by Gasteiger charge is 2.24. The Kier molecular flexibility index (Phi) is 8.46. The molecule has 0 amide bonds. The van der Waals surface area contributed by atoms with E-state index < -0.39 is 5.97 Å². The lowest BCUT2D eigenvalue weighted by Crippen LogP contribution is -2.46. The largest absolute Gasteiger partial charge is 0.461 e. The number of benzene rings is 1. The molecule has 0 N–H and O–H groups in total. The van der Waals surface area contributed by atoms with Gasteiger partial charge in [-0.15, -0.1) is 6.58 Å². The van der Waals surface area contributed by atoms with Gasteiger partial charge >= 0.3 is 5.97 Å². The topological polar surface area (TPSA) is 46.6 Å². The second kappa shape index (κ2) is 9.82. The molecule has 0 heterocycles. The van der Waals surface area contributed by atoms with Crippen LogP contribution in [0.25, 0.3) is 0 Å². The number of esters is 1. The van der Waals surface area contributed by atoms with Gasteiger partial charge in [0.2, 0.25) is 0 Å². The van der Waals surface area contributed by atoms with Crippen molar-refractivity contribution in [1.29, 1.82) is 0 Å². The molecular formula is C18H23Cl2NO3. The monoisotopic (exact) mass is 371 g/mol. The molecule has 4 nitrogen and oxygen atoms in total. The van der Waals surface area contributed by atoms with E-state index in [9.17, 15) is 9.59 Å². The molecule has 6 heteroatoms. The third-order valence-electron chi connectivity index (χ3n) is 3.66. The van der Waals surface area contributed by atoms with E-state index in [1.807, 2.05) is 18.7 Å². The zero-order valence-corrected chi connectivity index (χ0v) is 15.7. The number of ketones is 1. The zero-order valence-electron chi connectivity index (χ0n) is 14.2. The molecule has 1 rings (SSSR count). The normalized spacial score (nSPS) is 12.3. The third kappa shape index (κ3) is 5.93. The summed E-state index contributed by atoms with van der Waals surface area (Å²) in [6.45, 7) is 9.87. The number of nitrogens with zero attached hydrogens (tertiary/aromatic N) is 1. The summed E-state index contributed by atoms with van der Waals surface area (Å²) in [6, 6.07) is 4.48. The van der Waals surface area contributed by atoms with Crippen molar-refractivity contribution in [3.63, 3.8) is 0 Å². The van der Waals surface area contributed by atoms with E-state index in [0.717, 1.165) is 0 Å². The minimum Gasteiger partial charge on any atom is -0.461 e. The minimum atomic E-state index is -0.511. The standard InChI is InChI=1S/C18H23Cl2NO3/c1-5-6-17(13(4)22)21(12(2)3)9-10-24-18(23)15-8-7-14(19)11-16(15)20/h5,7-8,11-12,17H,1,6,9-10H2,2-4H3. The number of halogens is 2. The first kappa shape index (κ1) is 20.7. The van der Waals surface area contributed by atoms with Crippen molar-refractivity contribution in [3.8, 4) is 0 Å². The molecule has 0 fully saturated rings. The van der Waals surface area contributed by atoms with Gasteiger partial charge in [0.15, 0.2) is 0 Å². The van der Waals surface area contributed by atoms with Gasteiger partial charge in [0.1, 0.15) is 12.4 Å². The summed E-state index contributed by atoms with van der Waals surface area (Å²) < 4.78 is 5.29. The first-order valence-corrected chi connectivity index (χ1v) is 8.52. The molecule has 0 saturated heterocycles. The van der Waals surface area contributed by atoms with Crippen LogP contribution in [0.4, 0.5) is 0 Å². The van der Waals surface area contributed by atoms with E-state index >= 15 is 0 Å². The van der Waals surface area contributed by atoms with Gasteiger partial charge in [0, 0.05) is 17.6 Å². The lowest BCUT2D eigenvalue weighted by Gasteiger charge is -2.32. The van der Waals surface area contributed by atoms with Crippen LogP contribution in [-0.4, -0.2) is 41.9 Å². The maximum atomic E-state index is 12.1. The Balaban J connectivity index is 2.69. The van der Waals surface area contributed by atoms with E-state index in [0.29, 0.717) is 18.0 Å². The van der Waals surface area contributed by atoms with Crippen LogP contribution in [0.2, 0.25) is 10.0 Å². The summed E-state index contributed by atoms with van der Waals surface area (Å²) in [5.74, 6) is -0.445. The van der Waals surface area contributed by atoms with Gasteiger partial charge in [0.05, 0.1) is 16.6 Å². The van der Waals surface area contributed by atoms with E-state index in [2.05, 4.69) is 6.58 Å². The molecule has 1 atom stereocenters. The van der Waals surface area contributed by atoms with Crippen molar-refractivity contribution < 1.29 is 14.3 Å². The highest BCUT2D eigenvalue weighted by Crippen LogP contribution is 2.21. The molecule has 0 spiro atoms. The first-order chi connectivity index (χ1) is 11.3. The van der Waals surface area contributed by atoms with Crippen LogP contribution >= 0.6 is 23.2 Å². The maximum Gasteiger partial charge on any atom is 0.339 e. The summed E-state index contributed by atoms with van der Waals surface area (Å²) in [4.78, 5) is 26.0. The SMILES string of the molecule is C=CCC(C(C)=O)N(CCOC(=O)c1ccc(Cl)cc1Cl)C(C)C. The van der Waals surface area contributed by atoms with Gasteiger partial charge in [-0.05, 0) is 45.4 Å². The predicted molar refractivity (Wildman–Crippen MR) is 97.9 cm³/mol. The summed E-state index contributed by atoms with van der Waals surface area (Å²) in [7, 11) is 0. The van der Waals surface area contributed by atoms with Crippen molar-refractivity contribution in [3.05, 3.63) is 46.5 Å². The van der Waals surface area contributed by atoms with Gasteiger partial charge in [-0.25, -0.2) is 4.79 Å². The average Bonchev–Trinajstić information content (AvgIpc) is 2.49. The summed E-state index contributed by atoms with van der Waals surface area (Å²) >= 11 is 11.8. The Morgan fingerprint density at radius 1 is 1.33 bits per heavy atom. The Bertz CT molecular complexity index is 602. The summed E-state index contributed by atoms with van der Waals surface area (Å²) in [6.07, 6.45) is 2.28.